The Bertz CT molecular complexity index is 700. The summed E-state index contributed by atoms with van der Waals surface area (Å²) in [5, 5.41) is 7.81. The number of thiophene rings is 1. The topological polar surface area (TPSA) is 66.9 Å². The highest BCUT2D eigenvalue weighted by molar-refractivity contribution is 7.19. The van der Waals surface area contributed by atoms with Gasteiger partial charge in [-0.25, -0.2) is 9.97 Å². The van der Waals surface area contributed by atoms with Crippen molar-refractivity contribution in [3.63, 3.8) is 0 Å². The number of carbonyl (C=O) groups is 1. The van der Waals surface area contributed by atoms with Gasteiger partial charge in [0.05, 0.1) is 11.9 Å². The molecule has 2 aromatic heterocycles. The Morgan fingerprint density at radius 1 is 1.50 bits per heavy atom. The van der Waals surface area contributed by atoms with Crippen LogP contribution < -0.4 is 10.6 Å². The van der Waals surface area contributed by atoms with Crippen molar-refractivity contribution in [3.05, 3.63) is 21.9 Å². The molecule has 2 N–H and O–H groups in total. The smallest absolute Gasteiger partial charge is 0.234 e. The van der Waals surface area contributed by atoms with Crippen LogP contribution >= 0.6 is 22.9 Å². The lowest BCUT2D eigenvalue weighted by atomic mass is 9.93. The highest BCUT2D eigenvalue weighted by Crippen LogP contribution is 2.37. The summed E-state index contributed by atoms with van der Waals surface area (Å²) in [5.74, 6) is 0.0473. The van der Waals surface area contributed by atoms with E-state index in [1.165, 1.54) is 16.8 Å². The summed E-state index contributed by atoms with van der Waals surface area (Å²) in [5.41, 5.74) is 1.29. The number of nitrogens with zero attached hydrogens (tertiary/aromatic N) is 2. The molecular weight excluding hydrogens is 320 g/mol. The predicted octanol–water partition coefficient (Wildman–Crippen LogP) is 2.32. The second-order valence-electron chi connectivity index (χ2n) is 5.89. The number of aryl methyl sites for hydroxylation is 1. The van der Waals surface area contributed by atoms with Gasteiger partial charge in [-0.15, -0.1) is 11.3 Å². The Hall–Kier alpha value is -1.24. The van der Waals surface area contributed by atoms with Crippen molar-refractivity contribution >= 4 is 39.1 Å². The third kappa shape index (κ3) is 3.24. The van der Waals surface area contributed by atoms with Gasteiger partial charge >= 0.3 is 0 Å². The average Bonchev–Trinajstić information content (AvgIpc) is 2.83. The van der Waals surface area contributed by atoms with E-state index in [1.54, 1.807) is 11.3 Å². The number of hydrogen-bond acceptors (Lipinski definition) is 5. The monoisotopic (exact) mass is 338 g/mol. The Morgan fingerprint density at radius 3 is 3.09 bits per heavy atom. The molecule has 3 rings (SSSR count). The minimum absolute atomic E-state index is 0.0473. The SMILES string of the molecule is CC(C)NC(=O)CNC1CCc2c(sc3ncnc(Cl)c23)C1. The standard InChI is InChI=1S/C15H19ClN4OS/c1-8(2)20-12(21)6-17-9-3-4-10-11(5-9)22-15-13(10)14(16)18-7-19-15/h7-9,17H,3-6H2,1-2H3,(H,20,21). The number of hydrogen-bond donors (Lipinski definition) is 2. The lowest BCUT2D eigenvalue weighted by Crippen LogP contribution is -2.43. The molecule has 1 amide bonds. The van der Waals surface area contributed by atoms with Crippen molar-refractivity contribution in [1.82, 2.24) is 20.6 Å². The molecule has 2 heterocycles. The molecule has 0 spiro atoms. The Labute approximate surface area is 138 Å². The summed E-state index contributed by atoms with van der Waals surface area (Å²) >= 11 is 7.90. The lowest BCUT2D eigenvalue weighted by molar-refractivity contribution is -0.120. The van der Waals surface area contributed by atoms with Crippen molar-refractivity contribution in [2.24, 2.45) is 0 Å². The maximum Gasteiger partial charge on any atom is 0.234 e. The minimum atomic E-state index is 0.0473. The summed E-state index contributed by atoms with van der Waals surface area (Å²) in [6.07, 6.45) is 4.38. The van der Waals surface area contributed by atoms with Crippen LogP contribution in [0.3, 0.4) is 0 Å². The first-order valence-electron chi connectivity index (χ1n) is 7.48. The number of amides is 1. The molecule has 0 aliphatic heterocycles. The fraction of sp³-hybridized carbons (Fsp3) is 0.533. The van der Waals surface area contributed by atoms with E-state index >= 15 is 0 Å². The van der Waals surface area contributed by atoms with Crippen molar-refractivity contribution in [3.8, 4) is 0 Å². The second-order valence-corrected chi connectivity index (χ2v) is 7.33. The molecule has 1 unspecified atom stereocenters. The third-order valence-electron chi connectivity index (χ3n) is 3.80. The molecule has 0 aromatic carbocycles. The first-order chi connectivity index (χ1) is 10.5. The molecule has 2 aromatic rings. The van der Waals surface area contributed by atoms with Crippen LogP contribution in [0.1, 0.15) is 30.7 Å². The summed E-state index contributed by atoms with van der Waals surface area (Å²) in [7, 11) is 0. The summed E-state index contributed by atoms with van der Waals surface area (Å²) in [6, 6.07) is 0.501. The Balaban J connectivity index is 1.68. The fourth-order valence-electron chi connectivity index (χ4n) is 2.86. The summed E-state index contributed by atoms with van der Waals surface area (Å²) < 4.78 is 0. The van der Waals surface area contributed by atoms with Gasteiger partial charge in [0, 0.05) is 17.0 Å². The highest BCUT2D eigenvalue weighted by atomic mass is 35.5. The number of rotatable bonds is 4. The molecule has 0 fully saturated rings. The van der Waals surface area contributed by atoms with E-state index < -0.39 is 0 Å². The second kappa shape index (κ2) is 6.48. The fourth-order valence-corrected chi connectivity index (χ4v) is 4.43. The first-order valence-corrected chi connectivity index (χ1v) is 8.67. The van der Waals surface area contributed by atoms with Crippen LogP contribution in [0.4, 0.5) is 0 Å². The van der Waals surface area contributed by atoms with Crippen LogP contribution in [-0.2, 0) is 17.6 Å². The number of halogens is 1. The molecule has 7 heteroatoms. The first kappa shape index (κ1) is 15.6. The molecule has 0 saturated heterocycles. The lowest BCUT2D eigenvalue weighted by Gasteiger charge is -2.23. The molecular formula is C15H19ClN4OS. The van der Waals surface area contributed by atoms with Crippen LogP contribution in [-0.4, -0.2) is 34.5 Å². The van der Waals surface area contributed by atoms with Gasteiger partial charge in [0.15, 0.2) is 0 Å². The molecule has 118 valence electrons. The van der Waals surface area contributed by atoms with Crippen molar-refractivity contribution < 1.29 is 4.79 Å². The molecule has 22 heavy (non-hydrogen) atoms. The van der Waals surface area contributed by atoms with E-state index in [1.807, 2.05) is 13.8 Å². The number of carbonyl (C=O) groups excluding carboxylic acids is 1. The quantitative estimate of drug-likeness (QED) is 0.840. The van der Waals surface area contributed by atoms with Crippen molar-refractivity contribution in [2.45, 2.75) is 45.2 Å². The third-order valence-corrected chi connectivity index (χ3v) is 5.25. The zero-order valence-electron chi connectivity index (χ0n) is 12.6. The van der Waals surface area contributed by atoms with Crippen molar-refractivity contribution in [2.75, 3.05) is 6.54 Å². The van der Waals surface area contributed by atoms with E-state index in [0.717, 1.165) is 29.5 Å². The van der Waals surface area contributed by atoms with E-state index in [-0.39, 0.29) is 11.9 Å². The van der Waals surface area contributed by atoms with Crippen LogP contribution in [0.15, 0.2) is 6.33 Å². The molecule has 1 aliphatic rings. The number of nitrogens with one attached hydrogen (secondary N) is 2. The van der Waals surface area contributed by atoms with Gasteiger partial charge < -0.3 is 10.6 Å². The number of aromatic nitrogens is 2. The maximum atomic E-state index is 11.7. The highest BCUT2D eigenvalue weighted by Gasteiger charge is 2.24. The summed E-state index contributed by atoms with van der Waals surface area (Å²) in [4.78, 5) is 22.4. The largest absolute Gasteiger partial charge is 0.353 e. The van der Waals surface area contributed by atoms with Crippen LogP contribution in [0.25, 0.3) is 10.2 Å². The average molecular weight is 339 g/mol. The van der Waals surface area contributed by atoms with E-state index in [9.17, 15) is 4.79 Å². The molecule has 0 radical (unpaired) electrons. The minimum Gasteiger partial charge on any atom is -0.353 e. The van der Waals surface area contributed by atoms with Gasteiger partial charge in [-0.3, -0.25) is 4.79 Å². The van der Waals surface area contributed by atoms with Crippen LogP contribution in [0, 0.1) is 0 Å². The predicted molar refractivity (Wildman–Crippen MR) is 89.5 cm³/mol. The molecule has 1 aliphatic carbocycles. The van der Waals surface area contributed by atoms with E-state index in [4.69, 9.17) is 11.6 Å². The van der Waals surface area contributed by atoms with E-state index in [0.29, 0.717) is 17.7 Å². The molecule has 0 saturated carbocycles. The Kier molecular flexibility index (Phi) is 4.61. The normalized spacial score (nSPS) is 17.7. The van der Waals surface area contributed by atoms with Gasteiger partial charge in [0.2, 0.25) is 5.91 Å². The van der Waals surface area contributed by atoms with Crippen molar-refractivity contribution in [1.29, 1.82) is 0 Å². The van der Waals surface area contributed by atoms with Gasteiger partial charge in [0.1, 0.15) is 16.3 Å². The zero-order valence-corrected chi connectivity index (χ0v) is 14.2. The van der Waals surface area contributed by atoms with Crippen LogP contribution in [0.5, 0.6) is 0 Å². The molecule has 5 nitrogen and oxygen atoms in total. The van der Waals surface area contributed by atoms with Gasteiger partial charge in [-0.2, -0.15) is 0 Å². The molecule has 0 bridgehead atoms. The number of fused-ring (bicyclic) bond motifs is 3. The van der Waals surface area contributed by atoms with Gasteiger partial charge in [-0.1, -0.05) is 11.6 Å². The zero-order chi connectivity index (χ0) is 15.7. The van der Waals surface area contributed by atoms with Gasteiger partial charge in [-0.05, 0) is 38.7 Å². The maximum absolute atomic E-state index is 11.7. The van der Waals surface area contributed by atoms with E-state index in [2.05, 4.69) is 20.6 Å². The summed E-state index contributed by atoms with van der Waals surface area (Å²) in [6.45, 7) is 4.29. The van der Waals surface area contributed by atoms with Crippen LogP contribution in [0.2, 0.25) is 5.15 Å². The molecule has 1 atom stereocenters. The Morgan fingerprint density at radius 2 is 2.32 bits per heavy atom. The van der Waals surface area contributed by atoms with Gasteiger partial charge in [0.25, 0.3) is 0 Å².